The van der Waals surface area contributed by atoms with Crippen LogP contribution in [0.5, 0.6) is 0 Å². The summed E-state index contributed by atoms with van der Waals surface area (Å²) in [6.45, 7) is 3.86. The Hall–Kier alpha value is -2.27. The van der Waals surface area contributed by atoms with Gasteiger partial charge in [0.05, 0.1) is 18.2 Å². The van der Waals surface area contributed by atoms with Crippen molar-refractivity contribution >= 4 is 0 Å². The number of nitriles is 1. The number of nitrogens with zero attached hydrogens (tertiary/aromatic N) is 1. The van der Waals surface area contributed by atoms with Crippen LogP contribution >= 0.6 is 0 Å². The molecule has 0 saturated carbocycles. The molecule has 0 aliphatic carbocycles. The number of aliphatic hydroxyl groups excluding tert-OH is 4. The molecule has 2 aromatic rings. The summed E-state index contributed by atoms with van der Waals surface area (Å²) in [4.78, 5) is 0. The predicted octanol–water partition coefficient (Wildman–Crippen LogP) is 2.18. The highest BCUT2D eigenvalue weighted by molar-refractivity contribution is 5.44. The van der Waals surface area contributed by atoms with E-state index in [1.54, 1.807) is 18.2 Å². The molecule has 1 heterocycles. The average molecular weight is 411 g/mol. The zero-order valence-electron chi connectivity index (χ0n) is 17.3. The van der Waals surface area contributed by atoms with Crippen LogP contribution in [-0.2, 0) is 11.2 Å². The molecule has 1 aliphatic heterocycles. The van der Waals surface area contributed by atoms with Crippen LogP contribution in [0.4, 0.5) is 0 Å². The summed E-state index contributed by atoms with van der Waals surface area (Å²) in [6, 6.07) is 15.7. The van der Waals surface area contributed by atoms with Crippen LogP contribution in [0.1, 0.15) is 60.1 Å². The van der Waals surface area contributed by atoms with Gasteiger partial charge in [-0.15, -0.1) is 0 Å². The van der Waals surface area contributed by atoms with Crippen LogP contribution in [0.2, 0.25) is 0 Å². The minimum atomic E-state index is -1.44. The Balaban J connectivity index is 1.88. The van der Waals surface area contributed by atoms with Crippen LogP contribution < -0.4 is 0 Å². The highest BCUT2D eigenvalue weighted by Crippen LogP contribution is 2.33. The largest absolute Gasteiger partial charge is 0.394 e. The quantitative estimate of drug-likeness (QED) is 0.579. The van der Waals surface area contributed by atoms with Crippen molar-refractivity contribution in [2.45, 2.75) is 63.1 Å². The van der Waals surface area contributed by atoms with Crippen molar-refractivity contribution in [3.05, 3.63) is 70.3 Å². The van der Waals surface area contributed by atoms with Crippen molar-refractivity contribution in [2.75, 3.05) is 6.61 Å². The van der Waals surface area contributed by atoms with Crippen LogP contribution in [0, 0.1) is 11.3 Å². The van der Waals surface area contributed by atoms with Gasteiger partial charge in [0.25, 0.3) is 0 Å². The van der Waals surface area contributed by atoms with Crippen molar-refractivity contribution in [2.24, 2.45) is 0 Å². The molecule has 0 amide bonds. The second-order valence-corrected chi connectivity index (χ2v) is 8.01. The normalized spacial score (nSPS) is 27.4. The maximum absolute atomic E-state index is 10.4. The van der Waals surface area contributed by atoms with E-state index in [0.29, 0.717) is 23.5 Å². The molecule has 6 heteroatoms. The molecule has 1 aliphatic rings. The van der Waals surface area contributed by atoms with E-state index in [-0.39, 0.29) is 0 Å². The molecule has 4 N–H and O–H groups in total. The zero-order chi connectivity index (χ0) is 21.8. The first-order valence-corrected chi connectivity index (χ1v) is 10.3. The first-order chi connectivity index (χ1) is 14.4. The van der Waals surface area contributed by atoms with Crippen LogP contribution in [-0.4, -0.2) is 51.4 Å². The summed E-state index contributed by atoms with van der Waals surface area (Å²) in [5, 5.41) is 49.4. The predicted molar refractivity (Wildman–Crippen MR) is 112 cm³/mol. The first kappa shape index (κ1) is 22.4. The summed E-state index contributed by atoms with van der Waals surface area (Å²) in [5.74, 6) is 0.489. The Kier molecular flexibility index (Phi) is 7.24. The smallest absolute Gasteiger partial charge is 0.113 e. The van der Waals surface area contributed by atoms with E-state index in [9.17, 15) is 25.7 Å². The molecular formula is C24H29NO5. The van der Waals surface area contributed by atoms with E-state index < -0.39 is 37.1 Å². The SMILES string of the molecule is CCC(C)c1ccc(Cc2cc([C@@H]3O[C@H](CO)C(O)C(O)C3O)ccc2C#N)cc1. The summed E-state index contributed by atoms with van der Waals surface area (Å²) < 4.78 is 5.66. The van der Waals surface area contributed by atoms with E-state index in [1.807, 2.05) is 0 Å². The van der Waals surface area contributed by atoms with Gasteiger partial charge in [-0.25, -0.2) is 0 Å². The minimum Gasteiger partial charge on any atom is -0.394 e. The number of benzene rings is 2. The number of rotatable bonds is 6. The lowest BCUT2D eigenvalue weighted by molar-refractivity contribution is -0.231. The molecule has 1 saturated heterocycles. The topological polar surface area (TPSA) is 114 Å². The number of aliphatic hydroxyl groups is 4. The molecule has 4 unspecified atom stereocenters. The Morgan fingerprint density at radius 2 is 1.73 bits per heavy atom. The summed E-state index contributed by atoms with van der Waals surface area (Å²) in [6.07, 6.45) is -4.47. The van der Waals surface area contributed by atoms with Crippen LogP contribution in [0.25, 0.3) is 0 Å². The minimum absolute atomic E-state index is 0.479. The van der Waals surface area contributed by atoms with Gasteiger partial charge >= 0.3 is 0 Å². The highest BCUT2D eigenvalue weighted by Gasteiger charge is 2.44. The lowest BCUT2D eigenvalue weighted by Crippen LogP contribution is -2.55. The Labute approximate surface area is 177 Å². The lowest BCUT2D eigenvalue weighted by atomic mass is 9.89. The van der Waals surface area contributed by atoms with Gasteiger partial charge in [0.2, 0.25) is 0 Å². The van der Waals surface area contributed by atoms with E-state index in [1.165, 1.54) is 5.56 Å². The Morgan fingerprint density at radius 3 is 2.33 bits per heavy atom. The molecule has 30 heavy (non-hydrogen) atoms. The van der Waals surface area contributed by atoms with Gasteiger partial charge in [-0.3, -0.25) is 0 Å². The third kappa shape index (κ3) is 4.56. The third-order valence-electron chi connectivity index (χ3n) is 6.03. The molecule has 0 aromatic heterocycles. The van der Waals surface area contributed by atoms with E-state index >= 15 is 0 Å². The van der Waals surface area contributed by atoms with Crippen LogP contribution in [0.15, 0.2) is 42.5 Å². The van der Waals surface area contributed by atoms with Gasteiger partial charge in [-0.05, 0) is 47.1 Å². The molecule has 6 atom stereocenters. The van der Waals surface area contributed by atoms with Crippen molar-refractivity contribution in [1.82, 2.24) is 0 Å². The standard InChI is InChI=1S/C24H29NO5/c1-3-14(2)16-6-4-15(5-7-16)10-19-11-17(8-9-18(19)12-25)24-23(29)22(28)21(27)20(13-26)30-24/h4-9,11,14,20-24,26-29H,3,10,13H2,1-2H3/t14?,20-,21?,22?,23?,24+/m1/s1. The fourth-order valence-corrected chi connectivity index (χ4v) is 3.84. The van der Waals surface area contributed by atoms with E-state index in [2.05, 4.69) is 44.2 Å². The van der Waals surface area contributed by atoms with Crippen molar-refractivity contribution < 1.29 is 25.2 Å². The number of hydrogen-bond acceptors (Lipinski definition) is 6. The van der Waals surface area contributed by atoms with Crippen molar-refractivity contribution in [1.29, 1.82) is 5.26 Å². The van der Waals surface area contributed by atoms with Gasteiger partial charge in [0.15, 0.2) is 0 Å². The molecule has 0 bridgehead atoms. The van der Waals surface area contributed by atoms with Gasteiger partial charge in [-0.2, -0.15) is 5.26 Å². The second-order valence-electron chi connectivity index (χ2n) is 8.01. The maximum atomic E-state index is 10.4. The number of ether oxygens (including phenoxy) is 1. The first-order valence-electron chi connectivity index (χ1n) is 10.3. The zero-order valence-corrected chi connectivity index (χ0v) is 17.3. The monoisotopic (exact) mass is 411 g/mol. The van der Waals surface area contributed by atoms with Gasteiger partial charge in [0, 0.05) is 0 Å². The van der Waals surface area contributed by atoms with Crippen molar-refractivity contribution in [3.8, 4) is 6.07 Å². The second kappa shape index (κ2) is 9.69. The van der Waals surface area contributed by atoms with Crippen LogP contribution in [0.3, 0.4) is 0 Å². The Bertz CT molecular complexity index is 889. The molecule has 2 aromatic carbocycles. The average Bonchev–Trinajstić information content (AvgIpc) is 2.77. The fourth-order valence-electron chi connectivity index (χ4n) is 3.84. The van der Waals surface area contributed by atoms with Crippen molar-refractivity contribution in [3.63, 3.8) is 0 Å². The maximum Gasteiger partial charge on any atom is 0.113 e. The van der Waals surface area contributed by atoms with Gasteiger partial charge < -0.3 is 25.2 Å². The molecule has 1 fully saturated rings. The molecule has 0 spiro atoms. The fraction of sp³-hybridized carbons (Fsp3) is 0.458. The molecular weight excluding hydrogens is 382 g/mol. The molecule has 3 rings (SSSR count). The number of hydrogen-bond donors (Lipinski definition) is 4. The van der Waals surface area contributed by atoms with Gasteiger partial charge in [0.1, 0.15) is 30.5 Å². The Morgan fingerprint density at radius 1 is 1.03 bits per heavy atom. The lowest BCUT2D eigenvalue weighted by Gasteiger charge is -2.40. The molecule has 0 radical (unpaired) electrons. The molecule has 160 valence electrons. The van der Waals surface area contributed by atoms with E-state index in [4.69, 9.17) is 4.74 Å². The summed E-state index contributed by atoms with van der Waals surface area (Å²) >= 11 is 0. The van der Waals surface area contributed by atoms with E-state index in [0.717, 1.165) is 17.5 Å². The molecule has 6 nitrogen and oxygen atoms in total. The van der Waals surface area contributed by atoms with Gasteiger partial charge in [-0.1, -0.05) is 50.2 Å². The highest BCUT2D eigenvalue weighted by atomic mass is 16.5. The third-order valence-corrected chi connectivity index (χ3v) is 6.03. The summed E-state index contributed by atoms with van der Waals surface area (Å²) in [7, 11) is 0. The summed E-state index contributed by atoms with van der Waals surface area (Å²) in [5.41, 5.74) is 4.22.